The normalized spacial score (nSPS) is 11.6. The molecule has 110 valence electrons. The maximum Gasteiger partial charge on any atom is 0.140 e. The van der Waals surface area contributed by atoms with Crippen molar-refractivity contribution in [3.63, 3.8) is 0 Å². The molecule has 0 spiro atoms. The monoisotopic (exact) mass is 276 g/mol. The Morgan fingerprint density at radius 2 is 2.25 bits per heavy atom. The predicted octanol–water partition coefficient (Wildman–Crippen LogP) is 1.33. The number of fused-ring (bicyclic) bond motifs is 1. The first-order valence-corrected chi connectivity index (χ1v) is 6.99. The molecule has 0 saturated heterocycles. The number of pyridine rings is 1. The second-order valence-electron chi connectivity index (χ2n) is 5.20. The van der Waals surface area contributed by atoms with Gasteiger partial charge in [0.05, 0.1) is 6.61 Å². The van der Waals surface area contributed by atoms with E-state index >= 15 is 0 Å². The van der Waals surface area contributed by atoms with Crippen LogP contribution in [0.1, 0.15) is 5.56 Å². The van der Waals surface area contributed by atoms with E-state index in [1.54, 1.807) is 7.11 Å². The van der Waals surface area contributed by atoms with Crippen molar-refractivity contribution in [1.29, 1.82) is 0 Å². The predicted molar refractivity (Wildman–Crippen MR) is 81.9 cm³/mol. The van der Waals surface area contributed by atoms with E-state index in [2.05, 4.69) is 46.1 Å². The van der Waals surface area contributed by atoms with E-state index in [0.717, 1.165) is 38.4 Å². The lowest BCUT2D eigenvalue weighted by atomic mass is 10.2. The molecule has 2 rings (SSSR count). The third-order valence-electron chi connectivity index (χ3n) is 3.30. The first-order valence-electron chi connectivity index (χ1n) is 6.99. The van der Waals surface area contributed by atoms with Gasteiger partial charge in [-0.25, -0.2) is 4.98 Å². The van der Waals surface area contributed by atoms with Crippen LogP contribution in [0, 0.1) is 0 Å². The third kappa shape index (κ3) is 3.79. The Labute approximate surface area is 120 Å². The van der Waals surface area contributed by atoms with Crippen molar-refractivity contribution < 1.29 is 4.74 Å². The van der Waals surface area contributed by atoms with Gasteiger partial charge >= 0.3 is 0 Å². The summed E-state index contributed by atoms with van der Waals surface area (Å²) in [4.78, 5) is 6.70. The van der Waals surface area contributed by atoms with Crippen LogP contribution in [-0.2, 0) is 17.8 Å². The smallest absolute Gasteiger partial charge is 0.140 e. The summed E-state index contributed by atoms with van der Waals surface area (Å²) in [6, 6.07) is 4.14. The molecule has 0 aromatic carbocycles. The Hall–Kier alpha value is -1.43. The highest BCUT2D eigenvalue weighted by Crippen LogP contribution is 2.19. The maximum atomic E-state index is 5.05. The number of nitrogens with zero attached hydrogens (tertiary/aromatic N) is 3. The van der Waals surface area contributed by atoms with Gasteiger partial charge in [0.25, 0.3) is 0 Å². The lowest BCUT2D eigenvalue weighted by molar-refractivity contribution is 0.199. The zero-order valence-electron chi connectivity index (χ0n) is 12.6. The number of aromatic nitrogens is 2. The second-order valence-corrected chi connectivity index (χ2v) is 5.20. The summed E-state index contributed by atoms with van der Waals surface area (Å²) in [5, 5.41) is 4.63. The Balaban J connectivity index is 2.13. The number of nitrogens with one attached hydrogen (secondary N) is 1. The molecule has 20 heavy (non-hydrogen) atoms. The van der Waals surface area contributed by atoms with Crippen LogP contribution in [0.4, 0.5) is 0 Å². The van der Waals surface area contributed by atoms with Gasteiger partial charge in [-0.2, -0.15) is 0 Å². The highest BCUT2D eigenvalue weighted by molar-refractivity contribution is 5.80. The summed E-state index contributed by atoms with van der Waals surface area (Å²) in [6.45, 7) is 4.41. The standard InChI is InChI=1S/C15H24N4O/c1-18(2)8-9-19-12-13(11-16-7-10-20-3)14-5-4-6-17-15(14)19/h4-6,12,16H,7-11H2,1-3H3. The van der Waals surface area contributed by atoms with Crippen LogP contribution in [0.2, 0.25) is 0 Å². The number of likely N-dealkylation sites (N-methyl/N-ethyl adjacent to an activating group) is 1. The van der Waals surface area contributed by atoms with Crippen molar-refractivity contribution >= 4 is 11.0 Å². The molecule has 0 bridgehead atoms. The molecule has 2 heterocycles. The van der Waals surface area contributed by atoms with Gasteiger partial charge in [0.15, 0.2) is 0 Å². The molecule has 5 nitrogen and oxygen atoms in total. The van der Waals surface area contributed by atoms with Gasteiger partial charge < -0.3 is 19.5 Å². The van der Waals surface area contributed by atoms with Gasteiger partial charge in [0.2, 0.25) is 0 Å². The van der Waals surface area contributed by atoms with Gasteiger partial charge in [0, 0.05) is 51.1 Å². The van der Waals surface area contributed by atoms with E-state index in [4.69, 9.17) is 4.74 Å². The zero-order chi connectivity index (χ0) is 14.4. The van der Waals surface area contributed by atoms with E-state index in [9.17, 15) is 0 Å². The first-order chi connectivity index (χ1) is 9.72. The molecule has 0 aliphatic rings. The summed E-state index contributed by atoms with van der Waals surface area (Å²) >= 11 is 0. The number of hydrogen-bond donors (Lipinski definition) is 1. The lowest BCUT2D eigenvalue weighted by Crippen LogP contribution is -2.19. The number of ether oxygens (including phenoxy) is 1. The van der Waals surface area contributed by atoms with Crippen molar-refractivity contribution in [2.75, 3.05) is 40.9 Å². The van der Waals surface area contributed by atoms with Gasteiger partial charge in [-0.3, -0.25) is 0 Å². The minimum Gasteiger partial charge on any atom is -0.383 e. The molecule has 0 amide bonds. The lowest BCUT2D eigenvalue weighted by Gasteiger charge is -2.10. The van der Waals surface area contributed by atoms with E-state index in [0.29, 0.717) is 0 Å². The number of hydrogen-bond acceptors (Lipinski definition) is 4. The van der Waals surface area contributed by atoms with Crippen LogP contribution in [0.3, 0.4) is 0 Å². The largest absolute Gasteiger partial charge is 0.383 e. The molecule has 1 N–H and O–H groups in total. The van der Waals surface area contributed by atoms with Crippen LogP contribution in [-0.4, -0.2) is 55.4 Å². The van der Waals surface area contributed by atoms with E-state index < -0.39 is 0 Å². The molecule has 0 saturated carbocycles. The SMILES string of the molecule is COCCNCc1cn(CCN(C)C)c2ncccc12. The van der Waals surface area contributed by atoms with Gasteiger partial charge in [-0.15, -0.1) is 0 Å². The van der Waals surface area contributed by atoms with Crippen LogP contribution >= 0.6 is 0 Å². The fraction of sp³-hybridized carbons (Fsp3) is 0.533. The zero-order valence-corrected chi connectivity index (χ0v) is 12.6. The van der Waals surface area contributed by atoms with Crippen molar-refractivity contribution in [2.45, 2.75) is 13.1 Å². The molecule has 0 atom stereocenters. The molecule has 0 aliphatic carbocycles. The topological polar surface area (TPSA) is 42.3 Å². The third-order valence-corrected chi connectivity index (χ3v) is 3.30. The average molecular weight is 276 g/mol. The van der Waals surface area contributed by atoms with Crippen molar-refractivity contribution in [1.82, 2.24) is 19.8 Å². The van der Waals surface area contributed by atoms with Crippen LogP contribution in [0.25, 0.3) is 11.0 Å². The van der Waals surface area contributed by atoms with E-state index in [-0.39, 0.29) is 0 Å². The average Bonchev–Trinajstić information content (AvgIpc) is 2.80. The Bertz CT molecular complexity index is 536. The Morgan fingerprint density at radius 1 is 1.40 bits per heavy atom. The molecule has 0 fully saturated rings. The first kappa shape index (κ1) is 15.0. The van der Waals surface area contributed by atoms with Crippen LogP contribution < -0.4 is 5.32 Å². The minimum atomic E-state index is 0.734. The highest BCUT2D eigenvalue weighted by Gasteiger charge is 2.08. The van der Waals surface area contributed by atoms with Gasteiger partial charge in [0.1, 0.15) is 5.65 Å². The summed E-state index contributed by atoms with van der Waals surface area (Å²) in [5.41, 5.74) is 2.36. The minimum absolute atomic E-state index is 0.734. The number of rotatable bonds is 8. The quantitative estimate of drug-likeness (QED) is 0.739. The second kappa shape index (κ2) is 7.38. The summed E-state index contributed by atoms with van der Waals surface area (Å²) in [6.07, 6.45) is 4.07. The molecule has 2 aromatic heterocycles. The molecule has 0 unspecified atom stereocenters. The summed E-state index contributed by atoms with van der Waals surface area (Å²) < 4.78 is 7.29. The van der Waals surface area contributed by atoms with Crippen molar-refractivity contribution in [3.05, 3.63) is 30.1 Å². The summed E-state index contributed by atoms with van der Waals surface area (Å²) in [7, 11) is 5.90. The van der Waals surface area contributed by atoms with Crippen LogP contribution in [0.15, 0.2) is 24.5 Å². The fourth-order valence-electron chi connectivity index (χ4n) is 2.21. The fourth-order valence-corrected chi connectivity index (χ4v) is 2.21. The molecular weight excluding hydrogens is 252 g/mol. The maximum absolute atomic E-state index is 5.05. The van der Waals surface area contributed by atoms with Crippen LogP contribution in [0.5, 0.6) is 0 Å². The molecule has 5 heteroatoms. The Kier molecular flexibility index (Phi) is 5.52. The van der Waals surface area contributed by atoms with E-state index in [1.807, 2.05) is 12.3 Å². The molecular formula is C15H24N4O. The summed E-state index contributed by atoms with van der Waals surface area (Å²) in [5.74, 6) is 0. The van der Waals surface area contributed by atoms with Crippen molar-refractivity contribution in [3.8, 4) is 0 Å². The van der Waals surface area contributed by atoms with E-state index in [1.165, 1.54) is 10.9 Å². The molecule has 0 aliphatic heterocycles. The van der Waals surface area contributed by atoms with Crippen molar-refractivity contribution in [2.24, 2.45) is 0 Å². The molecule has 0 radical (unpaired) electrons. The number of methoxy groups -OCH3 is 1. The highest BCUT2D eigenvalue weighted by atomic mass is 16.5. The Morgan fingerprint density at radius 3 is 3.00 bits per heavy atom. The molecule has 2 aromatic rings. The van der Waals surface area contributed by atoms with Gasteiger partial charge in [-0.05, 0) is 31.8 Å². The van der Waals surface area contributed by atoms with Gasteiger partial charge in [-0.1, -0.05) is 0 Å².